The second-order valence-corrected chi connectivity index (χ2v) is 18.1. The number of hydrogen-bond donors (Lipinski definition) is 5. The standard InChI is InChI=1S/C48H61FN12O9/c1-27(53-6)44(64)57-41(48(3,4)5)47(66)60-25-30-20-32(10-8-29(30)21-37(60)43(52)63)69-19-18-68-17-16-67-15-12-39(62)54-13-14-61-38-26-59(7)46(65)33-11-9-31(49)22-34(33)28(2)70-45-42(51)55-24-36(56-45)40(38)35(23-50)58-61/h8-11,20,22,24,27-28,37,41,53H,12-19,21,25-26H2,1-7H3,(H2,51,55)(H2,52,63)(H,54,62)(H,57,64)/t27-,28-,37-,41+/m1/s1. The number of carbonyl (C=O) groups excluding carboxylic acids is 5. The summed E-state index contributed by atoms with van der Waals surface area (Å²) >= 11 is 0. The number of halogens is 1. The predicted molar refractivity (Wildman–Crippen MR) is 252 cm³/mol. The molecule has 2 bridgehead atoms. The van der Waals surface area contributed by atoms with Gasteiger partial charge in [0.2, 0.25) is 23.6 Å². The van der Waals surface area contributed by atoms with Crippen LogP contribution in [0.3, 0.4) is 0 Å². The number of fused-ring (bicyclic) bond motifs is 6. The first-order chi connectivity index (χ1) is 33.3. The summed E-state index contributed by atoms with van der Waals surface area (Å²) in [6.07, 6.45) is 0.824. The summed E-state index contributed by atoms with van der Waals surface area (Å²) in [5, 5.41) is 23.2. The van der Waals surface area contributed by atoms with Crippen LogP contribution in [0.15, 0.2) is 42.6 Å². The zero-order chi connectivity index (χ0) is 50.9. The number of carbonyl (C=O) groups is 5. The number of nitriles is 1. The van der Waals surface area contributed by atoms with Crippen LogP contribution in [0.5, 0.6) is 11.6 Å². The summed E-state index contributed by atoms with van der Waals surface area (Å²) in [7, 11) is 3.22. The zero-order valence-corrected chi connectivity index (χ0v) is 40.5. The molecule has 0 saturated heterocycles. The summed E-state index contributed by atoms with van der Waals surface area (Å²) in [4.78, 5) is 77.6. The topological polar surface area (TPSA) is 284 Å². The van der Waals surface area contributed by atoms with Gasteiger partial charge in [-0.15, -0.1) is 0 Å². The Hall–Kier alpha value is -7.22. The molecule has 5 amide bonds. The fourth-order valence-corrected chi connectivity index (χ4v) is 8.02. The molecule has 4 heterocycles. The minimum atomic E-state index is -0.911. The fourth-order valence-electron chi connectivity index (χ4n) is 8.02. The number of nitrogens with zero attached hydrogens (tertiary/aromatic N) is 7. The van der Waals surface area contributed by atoms with E-state index < -0.39 is 53.2 Å². The number of primary amides is 1. The van der Waals surface area contributed by atoms with Gasteiger partial charge in [0.15, 0.2) is 11.5 Å². The van der Waals surface area contributed by atoms with E-state index in [1.54, 1.807) is 34.0 Å². The second kappa shape index (κ2) is 22.9. The molecule has 2 aromatic carbocycles. The van der Waals surface area contributed by atoms with Crippen LogP contribution in [0.25, 0.3) is 11.3 Å². The number of aromatic nitrogens is 4. The van der Waals surface area contributed by atoms with E-state index in [9.17, 15) is 33.6 Å². The molecule has 2 aromatic heterocycles. The van der Waals surface area contributed by atoms with E-state index in [2.05, 4.69) is 37.1 Å². The first-order valence-electron chi connectivity index (χ1n) is 22.9. The number of nitrogens with one attached hydrogen (secondary N) is 3. The quantitative estimate of drug-likeness (QED) is 0.0894. The van der Waals surface area contributed by atoms with Crippen LogP contribution in [-0.4, -0.2) is 131 Å². The van der Waals surface area contributed by atoms with Crippen molar-refractivity contribution in [2.45, 2.75) is 91.3 Å². The SMILES string of the molecule is CN[C@H](C)C(=O)N[C@@H](C(=O)N1Cc2cc(OCCOCCOCCC(=O)NCCn3nc(C#N)c4c3CN(C)C(=O)c3ccc(F)cc3[C@@H](C)Oc3nc-4cnc3N)ccc2C[C@@H]1C(N)=O)C(C)(C)C. The normalized spacial score (nSPS) is 16.5. The van der Waals surface area contributed by atoms with Crippen molar-refractivity contribution in [1.29, 1.82) is 5.26 Å². The lowest BCUT2D eigenvalue weighted by Gasteiger charge is -2.40. The van der Waals surface area contributed by atoms with E-state index in [1.807, 2.05) is 32.9 Å². The molecule has 2 aliphatic heterocycles. The van der Waals surface area contributed by atoms with Crippen LogP contribution in [0.1, 0.15) is 85.6 Å². The zero-order valence-electron chi connectivity index (χ0n) is 40.5. The Bertz CT molecular complexity index is 2630. The molecule has 4 aromatic rings. The highest BCUT2D eigenvalue weighted by Crippen LogP contribution is 2.34. The summed E-state index contributed by atoms with van der Waals surface area (Å²) in [6, 6.07) is 9.00. The molecule has 374 valence electrons. The van der Waals surface area contributed by atoms with Gasteiger partial charge in [0.05, 0.1) is 68.7 Å². The lowest BCUT2D eigenvalue weighted by atomic mass is 9.84. The summed E-state index contributed by atoms with van der Waals surface area (Å²) in [5.41, 5.74) is 14.4. The molecule has 0 aliphatic carbocycles. The molecule has 0 spiro atoms. The molecule has 0 saturated carbocycles. The molecule has 0 unspecified atom stereocenters. The van der Waals surface area contributed by atoms with Crippen molar-refractivity contribution in [3.63, 3.8) is 0 Å². The number of nitrogens with two attached hydrogens (primary N) is 2. The van der Waals surface area contributed by atoms with Gasteiger partial charge in [-0.1, -0.05) is 26.8 Å². The van der Waals surface area contributed by atoms with Gasteiger partial charge < -0.3 is 56.2 Å². The van der Waals surface area contributed by atoms with Gasteiger partial charge >= 0.3 is 0 Å². The van der Waals surface area contributed by atoms with Gasteiger partial charge in [-0.3, -0.25) is 28.7 Å². The maximum Gasteiger partial charge on any atom is 0.258 e. The molecule has 22 heteroatoms. The molecule has 0 fully saturated rings. The predicted octanol–water partition coefficient (Wildman–Crippen LogP) is 2.15. The van der Waals surface area contributed by atoms with Crippen molar-refractivity contribution in [3.05, 3.63) is 82.1 Å². The molecule has 0 radical (unpaired) electrons. The number of benzene rings is 2. The minimum Gasteiger partial charge on any atom is -0.491 e. The van der Waals surface area contributed by atoms with Gasteiger partial charge in [-0.25, -0.2) is 14.4 Å². The smallest absolute Gasteiger partial charge is 0.258 e. The Morgan fingerprint density at radius 1 is 1.04 bits per heavy atom. The Kier molecular flexibility index (Phi) is 17.1. The van der Waals surface area contributed by atoms with E-state index >= 15 is 0 Å². The van der Waals surface area contributed by atoms with Crippen LogP contribution in [-0.2, 0) is 54.7 Å². The number of amides is 5. The van der Waals surface area contributed by atoms with E-state index in [4.69, 9.17) is 30.4 Å². The van der Waals surface area contributed by atoms with Crippen LogP contribution >= 0.6 is 0 Å². The first kappa shape index (κ1) is 52.2. The third-order valence-electron chi connectivity index (χ3n) is 12.0. The Balaban J connectivity index is 0.957. The fraction of sp³-hybridized carbons (Fsp3) is 0.479. The Morgan fingerprint density at radius 3 is 2.47 bits per heavy atom. The molecular formula is C48H61FN12O9. The van der Waals surface area contributed by atoms with Gasteiger partial charge in [0.25, 0.3) is 11.8 Å². The molecule has 2 aliphatic rings. The van der Waals surface area contributed by atoms with Gasteiger partial charge in [-0.2, -0.15) is 10.4 Å². The van der Waals surface area contributed by atoms with Crippen LogP contribution in [0.4, 0.5) is 10.2 Å². The Labute approximate surface area is 405 Å². The van der Waals surface area contributed by atoms with Crippen molar-refractivity contribution >= 4 is 35.4 Å². The summed E-state index contributed by atoms with van der Waals surface area (Å²) in [5.74, 6) is -2.21. The van der Waals surface area contributed by atoms with Crippen molar-refractivity contribution in [2.75, 3.05) is 59.4 Å². The average Bonchev–Trinajstić information content (AvgIpc) is 3.67. The van der Waals surface area contributed by atoms with Crippen molar-refractivity contribution < 1.29 is 47.3 Å². The van der Waals surface area contributed by atoms with Crippen LogP contribution in [0, 0.1) is 22.6 Å². The van der Waals surface area contributed by atoms with Crippen LogP contribution in [0.2, 0.25) is 0 Å². The average molecular weight is 969 g/mol. The number of anilines is 1. The molecule has 6 rings (SSSR count). The summed E-state index contributed by atoms with van der Waals surface area (Å²) in [6.45, 7) is 10.3. The van der Waals surface area contributed by atoms with Crippen molar-refractivity contribution in [3.8, 4) is 29.0 Å². The van der Waals surface area contributed by atoms with E-state index in [1.165, 1.54) is 38.9 Å². The number of nitrogen functional groups attached to an aromatic ring is 1. The van der Waals surface area contributed by atoms with Crippen molar-refractivity contribution in [2.24, 2.45) is 11.1 Å². The van der Waals surface area contributed by atoms with Crippen LogP contribution < -0.4 is 36.9 Å². The maximum atomic E-state index is 14.4. The second-order valence-electron chi connectivity index (χ2n) is 18.1. The number of likely N-dealkylation sites (N-methyl/N-ethyl adjacent to an activating group) is 1. The first-order valence-corrected chi connectivity index (χ1v) is 22.9. The van der Waals surface area contributed by atoms with E-state index in [-0.39, 0.29) is 118 Å². The highest BCUT2D eigenvalue weighted by Gasteiger charge is 2.42. The largest absolute Gasteiger partial charge is 0.491 e. The third-order valence-corrected chi connectivity index (χ3v) is 12.0. The summed E-state index contributed by atoms with van der Waals surface area (Å²) < 4.78 is 39.2. The Morgan fingerprint density at radius 2 is 1.77 bits per heavy atom. The molecule has 4 atom stereocenters. The van der Waals surface area contributed by atoms with E-state index in [0.717, 1.165) is 11.1 Å². The molecular weight excluding hydrogens is 908 g/mol. The number of rotatable bonds is 18. The highest BCUT2D eigenvalue weighted by atomic mass is 19.1. The van der Waals surface area contributed by atoms with Crippen molar-refractivity contribution in [1.82, 2.24) is 45.5 Å². The monoisotopic (exact) mass is 968 g/mol. The third kappa shape index (κ3) is 12.5. The number of hydrogen-bond acceptors (Lipinski definition) is 15. The molecule has 70 heavy (non-hydrogen) atoms. The number of ether oxygens (including phenoxy) is 4. The lowest BCUT2D eigenvalue weighted by molar-refractivity contribution is -0.146. The molecule has 7 N–H and O–H groups in total. The highest BCUT2D eigenvalue weighted by molar-refractivity contribution is 5.96. The molecule has 21 nitrogen and oxygen atoms in total. The maximum absolute atomic E-state index is 14.4. The van der Waals surface area contributed by atoms with Gasteiger partial charge in [0.1, 0.15) is 42.4 Å². The van der Waals surface area contributed by atoms with Gasteiger partial charge in [0, 0.05) is 44.1 Å². The lowest BCUT2D eigenvalue weighted by Crippen LogP contribution is -2.61. The van der Waals surface area contributed by atoms with E-state index in [0.29, 0.717) is 17.0 Å². The van der Waals surface area contributed by atoms with Gasteiger partial charge in [-0.05, 0) is 67.8 Å². The minimum absolute atomic E-state index is 0.0115.